The van der Waals surface area contributed by atoms with Gasteiger partial charge in [0.25, 0.3) is 0 Å². The predicted molar refractivity (Wildman–Crippen MR) is 54.8 cm³/mol. The molecule has 1 aliphatic rings. The molecule has 2 rings (SSSR count). The van der Waals surface area contributed by atoms with Gasteiger partial charge < -0.3 is 10.5 Å². The Morgan fingerprint density at radius 3 is 2.93 bits per heavy atom. The van der Waals surface area contributed by atoms with Crippen LogP contribution in [0.25, 0.3) is 0 Å². The van der Waals surface area contributed by atoms with Gasteiger partial charge in [-0.25, -0.2) is 0 Å². The summed E-state index contributed by atoms with van der Waals surface area (Å²) in [5, 5.41) is 0. The zero-order valence-corrected chi connectivity index (χ0v) is 8.44. The molecule has 0 saturated heterocycles. The van der Waals surface area contributed by atoms with Crippen molar-refractivity contribution in [3.8, 4) is 0 Å². The molecule has 1 fully saturated rings. The van der Waals surface area contributed by atoms with Crippen molar-refractivity contribution in [3.05, 3.63) is 29.6 Å². The van der Waals surface area contributed by atoms with Gasteiger partial charge in [0.15, 0.2) is 0 Å². The Morgan fingerprint density at radius 1 is 1.50 bits per heavy atom. The van der Waals surface area contributed by atoms with E-state index < -0.39 is 0 Å². The van der Waals surface area contributed by atoms with E-state index in [1.165, 1.54) is 5.56 Å². The molecular weight excluding hydrogens is 176 g/mol. The topological polar surface area (TPSA) is 48.1 Å². The molecule has 3 nitrogen and oxygen atoms in total. The van der Waals surface area contributed by atoms with Crippen LogP contribution in [0.5, 0.6) is 0 Å². The van der Waals surface area contributed by atoms with Gasteiger partial charge in [0, 0.05) is 18.4 Å². The van der Waals surface area contributed by atoms with Gasteiger partial charge in [-0.1, -0.05) is 6.07 Å². The maximum absolute atomic E-state index is 5.67. The van der Waals surface area contributed by atoms with Crippen LogP contribution in [-0.4, -0.2) is 17.1 Å². The van der Waals surface area contributed by atoms with Gasteiger partial charge in [-0.05, 0) is 30.9 Å². The van der Waals surface area contributed by atoms with E-state index in [1.807, 2.05) is 19.3 Å². The summed E-state index contributed by atoms with van der Waals surface area (Å²) < 4.78 is 5.67. The first kappa shape index (κ1) is 9.62. The van der Waals surface area contributed by atoms with Crippen molar-refractivity contribution >= 4 is 0 Å². The fourth-order valence-electron chi connectivity index (χ4n) is 1.65. The van der Waals surface area contributed by atoms with Crippen molar-refractivity contribution in [2.24, 2.45) is 5.73 Å². The molecule has 0 aromatic carbocycles. The quantitative estimate of drug-likeness (QED) is 0.787. The Kier molecular flexibility index (Phi) is 2.79. The second-order valence-electron chi connectivity index (χ2n) is 4.04. The molecule has 0 unspecified atom stereocenters. The summed E-state index contributed by atoms with van der Waals surface area (Å²) in [5.74, 6) is 0. The first-order valence-corrected chi connectivity index (χ1v) is 5.02. The van der Waals surface area contributed by atoms with Crippen LogP contribution in [0.1, 0.15) is 24.0 Å². The van der Waals surface area contributed by atoms with E-state index in [0.717, 1.165) is 18.4 Å². The van der Waals surface area contributed by atoms with Gasteiger partial charge >= 0.3 is 0 Å². The second kappa shape index (κ2) is 4.07. The third-order valence-electron chi connectivity index (χ3n) is 2.55. The summed E-state index contributed by atoms with van der Waals surface area (Å²) in [6, 6.07) is 2.46. The number of aromatic nitrogens is 1. The lowest BCUT2D eigenvalue weighted by molar-refractivity contribution is -0.0189. The highest BCUT2D eigenvalue weighted by Crippen LogP contribution is 2.22. The number of nitrogens with zero attached hydrogens (tertiary/aromatic N) is 1. The molecule has 1 heterocycles. The summed E-state index contributed by atoms with van der Waals surface area (Å²) in [7, 11) is 0. The average Bonchev–Trinajstić information content (AvgIpc) is 2.11. The van der Waals surface area contributed by atoms with Gasteiger partial charge in [-0.15, -0.1) is 0 Å². The SMILES string of the molecule is Cc1cncc(COC2CC(N)C2)c1. The van der Waals surface area contributed by atoms with Crippen molar-refractivity contribution < 1.29 is 4.74 Å². The molecular formula is C11H16N2O. The average molecular weight is 192 g/mol. The zero-order chi connectivity index (χ0) is 9.97. The number of hydrogen-bond acceptors (Lipinski definition) is 3. The van der Waals surface area contributed by atoms with E-state index in [0.29, 0.717) is 18.8 Å². The Bertz CT molecular complexity index is 308. The van der Waals surface area contributed by atoms with E-state index in [9.17, 15) is 0 Å². The van der Waals surface area contributed by atoms with Crippen LogP contribution in [-0.2, 0) is 11.3 Å². The van der Waals surface area contributed by atoms with Crippen molar-refractivity contribution in [1.29, 1.82) is 0 Å². The summed E-state index contributed by atoms with van der Waals surface area (Å²) in [5.41, 5.74) is 7.99. The highest BCUT2D eigenvalue weighted by atomic mass is 16.5. The molecule has 1 saturated carbocycles. The first-order valence-electron chi connectivity index (χ1n) is 5.02. The molecule has 0 amide bonds. The van der Waals surface area contributed by atoms with Gasteiger partial charge in [-0.3, -0.25) is 4.98 Å². The number of pyridine rings is 1. The van der Waals surface area contributed by atoms with Crippen molar-refractivity contribution in [1.82, 2.24) is 4.98 Å². The number of ether oxygens (including phenoxy) is 1. The summed E-state index contributed by atoms with van der Waals surface area (Å²) in [4.78, 5) is 4.12. The Labute approximate surface area is 84.3 Å². The van der Waals surface area contributed by atoms with Gasteiger partial charge in [0.1, 0.15) is 0 Å². The van der Waals surface area contributed by atoms with Crippen LogP contribution >= 0.6 is 0 Å². The van der Waals surface area contributed by atoms with E-state index >= 15 is 0 Å². The van der Waals surface area contributed by atoms with Crippen LogP contribution < -0.4 is 5.73 Å². The molecule has 14 heavy (non-hydrogen) atoms. The molecule has 0 aliphatic heterocycles. The summed E-state index contributed by atoms with van der Waals surface area (Å²) in [6.07, 6.45) is 6.07. The summed E-state index contributed by atoms with van der Waals surface area (Å²) >= 11 is 0. The molecule has 76 valence electrons. The van der Waals surface area contributed by atoms with Crippen molar-refractivity contribution in [2.75, 3.05) is 0 Å². The monoisotopic (exact) mass is 192 g/mol. The van der Waals surface area contributed by atoms with Crippen molar-refractivity contribution in [2.45, 2.75) is 38.5 Å². The molecule has 0 bridgehead atoms. The molecule has 3 heteroatoms. The van der Waals surface area contributed by atoms with Crippen LogP contribution in [0.3, 0.4) is 0 Å². The minimum atomic E-state index is 0.357. The van der Waals surface area contributed by atoms with Crippen molar-refractivity contribution in [3.63, 3.8) is 0 Å². The van der Waals surface area contributed by atoms with Crippen LogP contribution in [0.4, 0.5) is 0 Å². The fraction of sp³-hybridized carbons (Fsp3) is 0.545. The maximum atomic E-state index is 5.67. The smallest absolute Gasteiger partial charge is 0.0735 e. The molecule has 0 radical (unpaired) electrons. The second-order valence-corrected chi connectivity index (χ2v) is 4.04. The Morgan fingerprint density at radius 2 is 2.29 bits per heavy atom. The largest absolute Gasteiger partial charge is 0.373 e. The first-order chi connectivity index (χ1) is 6.74. The van der Waals surface area contributed by atoms with E-state index in [-0.39, 0.29) is 0 Å². The van der Waals surface area contributed by atoms with Crippen LogP contribution in [0.15, 0.2) is 18.5 Å². The minimum absolute atomic E-state index is 0.357. The molecule has 0 spiro atoms. The number of hydrogen-bond donors (Lipinski definition) is 1. The number of rotatable bonds is 3. The molecule has 0 atom stereocenters. The molecule has 2 N–H and O–H groups in total. The van der Waals surface area contributed by atoms with E-state index in [4.69, 9.17) is 10.5 Å². The van der Waals surface area contributed by atoms with Gasteiger partial charge in [-0.2, -0.15) is 0 Å². The normalized spacial score (nSPS) is 25.9. The lowest BCUT2D eigenvalue weighted by atomic mass is 9.90. The van der Waals surface area contributed by atoms with Gasteiger partial charge in [0.05, 0.1) is 12.7 Å². The number of aryl methyl sites for hydroxylation is 1. The lowest BCUT2D eigenvalue weighted by Gasteiger charge is -2.32. The third kappa shape index (κ3) is 2.30. The fourth-order valence-corrected chi connectivity index (χ4v) is 1.65. The molecule has 1 aromatic heterocycles. The van der Waals surface area contributed by atoms with E-state index in [1.54, 1.807) is 0 Å². The Balaban J connectivity index is 1.80. The van der Waals surface area contributed by atoms with Crippen LogP contribution in [0, 0.1) is 6.92 Å². The standard InChI is InChI=1S/C11H16N2O/c1-8-2-9(6-13-5-8)7-14-11-3-10(12)4-11/h2,5-6,10-11H,3-4,7,12H2,1H3. The molecule has 1 aromatic rings. The zero-order valence-electron chi connectivity index (χ0n) is 8.44. The molecule has 1 aliphatic carbocycles. The third-order valence-corrected chi connectivity index (χ3v) is 2.55. The highest BCUT2D eigenvalue weighted by molar-refractivity contribution is 5.15. The number of nitrogens with two attached hydrogens (primary N) is 1. The maximum Gasteiger partial charge on any atom is 0.0735 e. The lowest BCUT2D eigenvalue weighted by Crippen LogP contribution is -2.41. The van der Waals surface area contributed by atoms with Gasteiger partial charge in [0.2, 0.25) is 0 Å². The van der Waals surface area contributed by atoms with E-state index in [2.05, 4.69) is 11.1 Å². The van der Waals surface area contributed by atoms with Crippen LogP contribution in [0.2, 0.25) is 0 Å². The predicted octanol–water partition coefficient (Wildman–Crippen LogP) is 1.40. The summed E-state index contributed by atoms with van der Waals surface area (Å²) in [6.45, 7) is 2.70. The highest BCUT2D eigenvalue weighted by Gasteiger charge is 2.26. The Hall–Kier alpha value is -0.930. The minimum Gasteiger partial charge on any atom is -0.373 e.